The van der Waals surface area contributed by atoms with Crippen molar-refractivity contribution < 1.29 is 0 Å². The van der Waals surface area contributed by atoms with E-state index in [1.807, 2.05) is 6.92 Å². The summed E-state index contributed by atoms with van der Waals surface area (Å²) in [6.45, 7) is 8.19. The number of hydrogen-bond donors (Lipinski definition) is 1. The molecule has 1 aliphatic rings. The standard InChI is InChI=1S/C11H16S/c1-4-6-10-8-5-7-9(2)11(10,3)12/h4,6,8,12H,2,5,7H2,1,3H3. The quantitative estimate of drug-likeness (QED) is 0.463. The van der Waals surface area contributed by atoms with Crippen LogP contribution in [0, 0.1) is 0 Å². The minimum Gasteiger partial charge on any atom is -0.163 e. The van der Waals surface area contributed by atoms with Crippen LogP contribution in [0.1, 0.15) is 26.7 Å². The molecule has 1 heteroatoms. The molecule has 1 aliphatic carbocycles. The van der Waals surface area contributed by atoms with Gasteiger partial charge in [0.05, 0.1) is 4.75 Å². The van der Waals surface area contributed by atoms with Gasteiger partial charge in [-0.1, -0.05) is 30.4 Å². The van der Waals surface area contributed by atoms with Crippen LogP contribution in [-0.2, 0) is 0 Å². The zero-order chi connectivity index (χ0) is 9.19. The Morgan fingerprint density at radius 1 is 1.67 bits per heavy atom. The Balaban J connectivity index is 2.98. The van der Waals surface area contributed by atoms with Gasteiger partial charge in [-0.15, -0.1) is 0 Å². The lowest BCUT2D eigenvalue weighted by Crippen LogP contribution is -2.24. The lowest BCUT2D eigenvalue weighted by Gasteiger charge is -2.31. The van der Waals surface area contributed by atoms with Crippen molar-refractivity contribution >= 4 is 12.6 Å². The van der Waals surface area contributed by atoms with Crippen molar-refractivity contribution in [3.8, 4) is 0 Å². The van der Waals surface area contributed by atoms with Crippen molar-refractivity contribution in [1.82, 2.24) is 0 Å². The van der Waals surface area contributed by atoms with Gasteiger partial charge in [0.2, 0.25) is 0 Å². The maximum absolute atomic E-state index is 4.62. The summed E-state index contributed by atoms with van der Waals surface area (Å²) in [5.74, 6) is 0. The highest BCUT2D eigenvalue weighted by Crippen LogP contribution is 2.38. The molecule has 0 amide bonds. The molecular weight excluding hydrogens is 164 g/mol. The molecule has 12 heavy (non-hydrogen) atoms. The van der Waals surface area contributed by atoms with E-state index in [0.717, 1.165) is 12.8 Å². The Labute approximate surface area is 80.5 Å². The first-order valence-electron chi connectivity index (χ1n) is 4.33. The topological polar surface area (TPSA) is 0 Å². The van der Waals surface area contributed by atoms with Crippen molar-refractivity contribution in [2.75, 3.05) is 0 Å². The maximum Gasteiger partial charge on any atom is 0.0553 e. The molecule has 0 aromatic carbocycles. The summed E-state index contributed by atoms with van der Waals surface area (Å²) in [6, 6.07) is 0. The van der Waals surface area contributed by atoms with Crippen LogP contribution < -0.4 is 0 Å². The van der Waals surface area contributed by atoms with Gasteiger partial charge in [0, 0.05) is 0 Å². The SMILES string of the molecule is C=C1CCC=C(C=CC)C1(C)S. The van der Waals surface area contributed by atoms with Crippen LogP contribution in [0.25, 0.3) is 0 Å². The Bertz CT molecular complexity index is 244. The molecule has 0 saturated heterocycles. The molecule has 0 bridgehead atoms. The molecule has 0 spiro atoms. The predicted octanol–water partition coefficient (Wildman–Crippen LogP) is 3.53. The van der Waals surface area contributed by atoms with Crippen LogP contribution in [0.5, 0.6) is 0 Å². The molecule has 0 N–H and O–H groups in total. The molecular formula is C11H16S. The van der Waals surface area contributed by atoms with E-state index >= 15 is 0 Å². The summed E-state index contributed by atoms with van der Waals surface area (Å²) in [4.78, 5) is 0. The van der Waals surface area contributed by atoms with E-state index < -0.39 is 0 Å². The van der Waals surface area contributed by atoms with Crippen molar-refractivity contribution in [1.29, 1.82) is 0 Å². The monoisotopic (exact) mass is 180 g/mol. The maximum atomic E-state index is 4.62. The van der Waals surface area contributed by atoms with Gasteiger partial charge in [-0.3, -0.25) is 0 Å². The first kappa shape index (κ1) is 9.66. The van der Waals surface area contributed by atoms with Crippen molar-refractivity contribution in [3.05, 3.63) is 36.0 Å². The highest BCUT2D eigenvalue weighted by atomic mass is 32.1. The Morgan fingerprint density at radius 3 is 2.92 bits per heavy atom. The zero-order valence-corrected chi connectivity index (χ0v) is 8.70. The summed E-state index contributed by atoms with van der Waals surface area (Å²) in [5.41, 5.74) is 2.51. The number of rotatable bonds is 1. The van der Waals surface area contributed by atoms with Gasteiger partial charge in [-0.2, -0.15) is 12.6 Å². The van der Waals surface area contributed by atoms with Gasteiger partial charge in [0.25, 0.3) is 0 Å². The third kappa shape index (κ3) is 1.66. The fraction of sp³-hybridized carbons (Fsp3) is 0.455. The highest BCUT2D eigenvalue weighted by Gasteiger charge is 2.28. The third-order valence-corrected chi connectivity index (χ3v) is 2.98. The van der Waals surface area contributed by atoms with E-state index in [1.165, 1.54) is 11.1 Å². The van der Waals surface area contributed by atoms with Crippen LogP contribution in [0.2, 0.25) is 0 Å². The molecule has 0 heterocycles. The molecule has 0 aliphatic heterocycles. The second-order valence-electron chi connectivity index (χ2n) is 3.37. The normalized spacial score (nSPS) is 30.9. The number of hydrogen-bond acceptors (Lipinski definition) is 1. The Morgan fingerprint density at radius 2 is 2.33 bits per heavy atom. The van der Waals surface area contributed by atoms with Crippen LogP contribution in [0.15, 0.2) is 36.0 Å². The minimum absolute atomic E-state index is 0.120. The van der Waals surface area contributed by atoms with Crippen LogP contribution >= 0.6 is 12.6 Å². The molecule has 0 radical (unpaired) electrons. The number of thiol groups is 1. The molecule has 0 aromatic heterocycles. The zero-order valence-electron chi connectivity index (χ0n) is 7.80. The fourth-order valence-corrected chi connectivity index (χ4v) is 1.74. The van der Waals surface area contributed by atoms with Gasteiger partial charge >= 0.3 is 0 Å². The second kappa shape index (κ2) is 3.53. The molecule has 1 rings (SSSR count). The second-order valence-corrected chi connectivity index (χ2v) is 4.27. The largest absolute Gasteiger partial charge is 0.163 e. The molecule has 0 nitrogen and oxygen atoms in total. The fourth-order valence-electron chi connectivity index (χ4n) is 1.46. The van der Waals surface area contributed by atoms with Crippen LogP contribution in [-0.4, -0.2) is 4.75 Å². The van der Waals surface area contributed by atoms with Crippen LogP contribution in [0.3, 0.4) is 0 Å². The van der Waals surface area contributed by atoms with E-state index in [-0.39, 0.29) is 4.75 Å². The smallest absolute Gasteiger partial charge is 0.0553 e. The molecule has 0 saturated carbocycles. The molecule has 0 aromatic rings. The summed E-state index contributed by atoms with van der Waals surface area (Å²) < 4.78 is -0.120. The van der Waals surface area contributed by atoms with Gasteiger partial charge in [-0.05, 0) is 32.3 Å². The first-order valence-corrected chi connectivity index (χ1v) is 4.77. The summed E-state index contributed by atoms with van der Waals surface area (Å²) in [5, 5.41) is 0. The van der Waals surface area contributed by atoms with Gasteiger partial charge in [-0.25, -0.2) is 0 Å². The molecule has 66 valence electrons. The Kier molecular flexibility index (Phi) is 2.84. The summed E-state index contributed by atoms with van der Waals surface area (Å²) in [7, 11) is 0. The lowest BCUT2D eigenvalue weighted by molar-refractivity contribution is 0.768. The van der Waals surface area contributed by atoms with E-state index in [2.05, 4.69) is 44.4 Å². The van der Waals surface area contributed by atoms with Gasteiger partial charge in [0.15, 0.2) is 0 Å². The summed E-state index contributed by atoms with van der Waals surface area (Å²) in [6.07, 6.45) is 8.60. The predicted molar refractivity (Wildman–Crippen MR) is 58.7 cm³/mol. The molecule has 1 atom stereocenters. The van der Waals surface area contributed by atoms with Gasteiger partial charge in [0.1, 0.15) is 0 Å². The Hall–Kier alpha value is -0.430. The van der Waals surface area contributed by atoms with E-state index in [1.54, 1.807) is 0 Å². The van der Waals surface area contributed by atoms with E-state index in [4.69, 9.17) is 0 Å². The average molecular weight is 180 g/mol. The van der Waals surface area contributed by atoms with Crippen molar-refractivity contribution in [2.45, 2.75) is 31.4 Å². The third-order valence-electron chi connectivity index (χ3n) is 2.41. The lowest BCUT2D eigenvalue weighted by atomic mass is 9.84. The highest BCUT2D eigenvalue weighted by molar-refractivity contribution is 7.82. The number of allylic oxidation sites excluding steroid dienone is 3. The van der Waals surface area contributed by atoms with Crippen molar-refractivity contribution in [3.63, 3.8) is 0 Å². The van der Waals surface area contributed by atoms with Gasteiger partial charge < -0.3 is 0 Å². The van der Waals surface area contributed by atoms with Crippen molar-refractivity contribution in [2.24, 2.45) is 0 Å². The van der Waals surface area contributed by atoms with E-state index in [0.29, 0.717) is 0 Å². The minimum atomic E-state index is -0.120. The molecule has 1 unspecified atom stereocenters. The van der Waals surface area contributed by atoms with Crippen LogP contribution in [0.4, 0.5) is 0 Å². The average Bonchev–Trinajstić information content (AvgIpc) is 2.00. The van der Waals surface area contributed by atoms with E-state index in [9.17, 15) is 0 Å². The molecule has 0 fully saturated rings. The first-order chi connectivity index (χ1) is 5.59. The summed E-state index contributed by atoms with van der Waals surface area (Å²) >= 11 is 4.62.